The number of benzene rings is 1. The van der Waals surface area contributed by atoms with Crippen LogP contribution < -0.4 is 5.73 Å². The average Bonchev–Trinajstić information content (AvgIpc) is 3.17. The molecule has 2 N–H and O–H groups in total. The van der Waals surface area contributed by atoms with Gasteiger partial charge in [0.05, 0.1) is 4.92 Å². The van der Waals surface area contributed by atoms with Crippen molar-refractivity contribution in [3.05, 3.63) is 57.7 Å². The molecular formula is C17H21N5O3. The van der Waals surface area contributed by atoms with Crippen molar-refractivity contribution < 1.29 is 9.72 Å². The number of aromatic nitrogens is 2. The van der Waals surface area contributed by atoms with E-state index in [2.05, 4.69) is 14.5 Å². The van der Waals surface area contributed by atoms with E-state index in [0.717, 1.165) is 31.8 Å². The summed E-state index contributed by atoms with van der Waals surface area (Å²) in [6, 6.07) is 4.76. The Bertz CT molecular complexity index is 801. The van der Waals surface area contributed by atoms with Crippen LogP contribution in [-0.2, 0) is 13.1 Å². The molecule has 1 aliphatic rings. The Morgan fingerprint density at radius 2 is 2.28 bits per heavy atom. The van der Waals surface area contributed by atoms with E-state index in [9.17, 15) is 14.9 Å². The van der Waals surface area contributed by atoms with E-state index in [-0.39, 0.29) is 11.3 Å². The molecule has 0 unspecified atom stereocenters. The van der Waals surface area contributed by atoms with E-state index in [0.29, 0.717) is 18.2 Å². The van der Waals surface area contributed by atoms with Gasteiger partial charge in [-0.15, -0.1) is 0 Å². The first kappa shape index (κ1) is 17.1. The van der Waals surface area contributed by atoms with Gasteiger partial charge in [0.1, 0.15) is 5.82 Å². The summed E-state index contributed by atoms with van der Waals surface area (Å²) in [6.45, 7) is 4.16. The van der Waals surface area contributed by atoms with Crippen LogP contribution in [0.3, 0.4) is 0 Å². The fourth-order valence-corrected chi connectivity index (χ4v) is 3.37. The number of nitrogens with zero attached hydrogens (tertiary/aromatic N) is 4. The third-order valence-electron chi connectivity index (χ3n) is 4.77. The lowest BCUT2D eigenvalue weighted by Crippen LogP contribution is -2.33. The van der Waals surface area contributed by atoms with Gasteiger partial charge < -0.3 is 10.3 Å². The first-order chi connectivity index (χ1) is 12.0. The number of rotatable bonds is 6. The van der Waals surface area contributed by atoms with Crippen LogP contribution in [0, 0.1) is 17.0 Å². The van der Waals surface area contributed by atoms with E-state index in [1.165, 1.54) is 6.07 Å². The highest BCUT2D eigenvalue weighted by atomic mass is 16.6. The van der Waals surface area contributed by atoms with Crippen LogP contribution >= 0.6 is 0 Å². The summed E-state index contributed by atoms with van der Waals surface area (Å²) in [7, 11) is 0. The SMILES string of the molecule is Cc1nccn1C[C@@H]1CCCN1Cc1ccc(C(N)=O)cc1[N+](=O)[O-]. The van der Waals surface area contributed by atoms with Crippen LogP contribution in [0.15, 0.2) is 30.6 Å². The Balaban J connectivity index is 1.79. The summed E-state index contributed by atoms with van der Waals surface area (Å²) >= 11 is 0. The van der Waals surface area contributed by atoms with Gasteiger partial charge in [-0.2, -0.15) is 0 Å². The van der Waals surface area contributed by atoms with Gasteiger partial charge in [-0.05, 0) is 32.4 Å². The summed E-state index contributed by atoms with van der Waals surface area (Å²) in [5, 5.41) is 11.4. The normalized spacial score (nSPS) is 17.7. The van der Waals surface area contributed by atoms with Crippen molar-refractivity contribution in [1.29, 1.82) is 0 Å². The monoisotopic (exact) mass is 343 g/mol. The van der Waals surface area contributed by atoms with Gasteiger partial charge in [0.15, 0.2) is 0 Å². The van der Waals surface area contributed by atoms with Crippen LogP contribution in [0.1, 0.15) is 34.6 Å². The fraction of sp³-hybridized carbons (Fsp3) is 0.412. The number of imidazole rings is 1. The zero-order chi connectivity index (χ0) is 18.0. The number of primary amides is 1. The van der Waals surface area contributed by atoms with E-state index in [1.807, 2.05) is 13.1 Å². The molecule has 2 aromatic rings. The van der Waals surface area contributed by atoms with Crippen LogP contribution in [0.2, 0.25) is 0 Å². The molecule has 1 aromatic carbocycles. The molecule has 132 valence electrons. The molecule has 0 spiro atoms. The van der Waals surface area contributed by atoms with Crippen molar-refractivity contribution in [1.82, 2.24) is 14.5 Å². The minimum atomic E-state index is -0.663. The lowest BCUT2D eigenvalue weighted by atomic mass is 10.1. The number of likely N-dealkylation sites (tertiary alicyclic amines) is 1. The summed E-state index contributed by atoms with van der Waals surface area (Å²) in [5.41, 5.74) is 5.93. The number of hydrogen-bond acceptors (Lipinski definition) is 5. The summed E-state index contributed by atoms with van der Waals surface area (Å²) < 4.78 is 2.10. The molecule has 1 fully saturated rings. The maximum absolute atomic E-state index is 11.4. The van der Waals surface area contributed by atoms with Crippen molar-refractivity contribution in [2.24, 2.45) is 5.73 Å². The smallest absolute Gasteiger partial charge is 0.274 e. The maximum atomic E-state index is 11.4. The summed E-state index contributed by atoms with van der Waals surface area (Å²) in [6.07, 6.45) is 5.84. The highest BCUT2D eigenvalue weighted by Gasteiger charge is 2.27. The molecule has 25 heavy (non-hydrogen) atoms. The van der Waals surface area contributed by atoms with Crippen molar-refractivity contribution in [3.63, 3.8) is 0 Å². The second-order valence-electron chi connectivity index (χ2n) is 6.36. The topological polar surface area (TPSA) is 107 Å². The molecule has 1 atom stereocenters. The minimum absolute atomic E-state index is 0.0549. The zero-order valence-electron chi connectivity index (χ0n) is 14.1. The molecule has 0 saturated carbocycles. The van der Waals surface area contributed by atoms with Crippen molar-refractivity contribution in [3.8, 4) is 0 Å². The third kappa shape index (κ3) is 3.69. The number of carbonyl (C=O) groups is 1. The number of amides is 1. The number of aryl methyl sites for hydroxylation is 1. The van der Waals surface area contributed by atoms with Gasteiger partial charge in [0.25, 0.3) is 5.69 Å². The molecular weight excluding hydrogens is 322 g/mol. The van der Waals surface area contributed by atoms with Crippen LogP contribution in [-0.4, -0.2) is 37.9 Å². The van der Waals surface area contributed by atoms with Crippen LogP contribution in [0.4, 0.5) is 5.69 Å². The number of hydrogen-bond donors (Lipinski definition) is 1. The van der Waals surface area contributed by atoms with E-state index >= 15 is 0 Å². The van der Waals surface area contributed by atoms with Gasteiger partial charge in [-0.3, -0.25) is 19.8 Å². The largest absolute Gasteiger partial charge is 0.366 e. The molecule has 8 nitrogen and oxygen atoms in total. The van der Waals surface area contributed by atoms with Gasteiger partial charge in [0.2, 0.25) is 5.91 Å². The Morgan fingerprint density at radius 1 is 1.48 bits per heavy atom. The summed E-state index contributed by atoms with van der Waals surface area (Å²) in [4.78, 5) is 28.7. The standard InChI is InChI=1S/C17H21N5O3/c1-12-19-6-8-20(12)11-15-3-2-7-21(15)10-14-5-4-13(17(18)23)9-16(14)22(24)25/h4-6,8-9,15H,2-3,7,10-11H2,1H3,(H2,18,23)/t15-/m0/s1. The van der Waals surface area contributed by atoms with Gasteiger partial charge in [-0.1, -0.05) is 6.07 Å². The first-order valence-electron chi connectivity index (χ1n) is 8.24. The molecule has 0 aliphatic carbocycles. The molecule has 0 bridgehead atoms. The Kier molecular flexibility index (Phi) is 4.80. The second-order valence-corrected chi connectivity index (χ2v) is 6.36. The molecule has 1 saturated heterocycles. The predicted octanol–water partition coefficient (Wildman–Crippen LogP) is 1.86. The van der Waals surface area contributed by atoms with E-state index in [4.69, 9.17) is 5.73 Å². The molecule has 1 aliphatic heterocycles. The highest BCUT2D eigenvalue weighted by Crippen LogP contribution is 2.27. The van der Waals surface area contributed by atoms with Crippen molar-refractivity contribution in [2.75, 3.05) is 6.54 Å². The Labute approximate surface area is 145 Å². The number of nitrogens with two attached hydrogens (primary N) is 1. The molecule has 8 heteroatoms. The number of nitro benzene ring substituents is 1. The molecule has 1 aromatic heterocycles. The van der Waals surface area contributed by atoms with Gasteiger partial charge in [-0.25, -0.2) is 4.98 Å². The highest BCUT2D eigenvalue weighted by molar-refractivity contribution is 5.93. The Hall–Kier alpha value is -2.74. The van der Waals surface area contributed by atoms with Crippen molar-refractivity contribution in [2.45, 2.75) is 38.9 Å². The fourth-order valence-electron chi connectivity index (χ4n) is 3.37. The molecule has 2 heterocycles. The number of nitro groups is 1. The first-order valence-corrected chi connectivity index (χ1v) is 8.24. The Morgan fingerprint density at radius 3 is 2.92 bits per heavy atom. The summed E-state index contributed by atoms with van der Waals surface area (Å²) in [5.74, 6) is 0.299. The molecule has 0 radical (unpaired) electrons. The third-order valence-corrected chi connectivity index (χ3v) is 4.77. The molecule has 1 amide bonds. The zero-order valence-corrected chi connectivity index (χ0v) is 14.1. The van der Waals surface area contributed by atoms with Crippen LogP contribution in [0.5, 0.6) is 0 Å². The molecule has 3 rings (SSSR count). The van der Waals surface area contributed by atoms with E-state index < -0.39 is 10.8 Å². The number of carbonyl (C=O) groups excluding carboxylic acids is 1. The van der Waals surface area contributed by atoms with Gasteiger partial charge >= 0.3 is 0 Å². The van der Waals surface area contributed by atoms with E-state index in [1.54, 1.807) is 18.3 Å². The van der Waals surface area contributed by atoms with Crippen molar-refractivity contribution >= 4 is 11.6 Å². The maximum Gasteiger partial charge on any atom is 0.274 e. The van der Waals surface area contributed by atoms with Gasteiger partial charge in [0, 0.05) is 48.7 Å². The quantitative estimate of drug-likeness (QED) is 0.636. The lowest BCUT2D eigenvalue weighted by molar-refractivity contribution is -0.385. The second kappa shape index (κ2) is 7.02. The minimum Gasteiger partial charge on any atom is -0.366 e. The predicted molar refractivity (Wildman–Crippen MR) is 92.0 cm³/mol. The lowest BCUT2D eigenvalue weighted by Gasteiger charge is -2.25. The average molecular weight is 343 g/mol. The van der Waals surface area contributed by atoms with Crippen LogP contribution in [0.25, 0.3) is 0 Å².